The van der Waals surface area contributed by atoms with Crippen LogP contribution in [0.25, 0.3) is 0 Å². The Bertz CT molecular complexity index is 587. The van der Waals surface area contributed by atoms with E-state index in [-0.39, 0.29) is 23.8 Å². The predicted octanol–water partition coefficient (Wildman–Crippen LogP) is 2.05. The van der Waals surface area contributed by atoms with Gasteiger partial charge >= 0.3 is 5.97 Å². The van der Waals surface area contributed by atoms with E-state index in [0.717, 1.165) is 17.3 Å². The first-order valence-corrected chi connectivity index (χ1v) is 6.91. The Kier molecular flexibility index (Phi) is 4.23. The SMILES string of the molecule is O=C(O)CCSc1cc2c(cc1[N+](=O)[O-])NC(=O)CC2. The number of carbonyl (C=O) groups is 2. The summed E-state index contributed by atoms with van der Waals surface area (Å²) in [5.41, 5.74) is 1.20. The number of carbonyl (C=O) groups excluding carboxylic acids is 1. The number of amides is 1. The fourth-order valence-electron chi connectivity index (χ4n) is 1.90. The van der Waals surface area contributed by atoms with Gasteiger partial charge in [-0.1, -0.05) is 0 Å². The molecule has 0 saturated heterocycles. The van der Waals surface area contributed by atoms with E-state index in [0.29, 0.717) is 23.4 Å². The molecule has 0 aliphatic carbocycles. The lowest BCUT2D eigenvalue weighted by Crippen LogP contribution is -2.19. The van der Waals surface area contributed by atoms with Gasteiger partial charge in [0.1, 0.15) is 0 Å². The molecule has 0 atom stereocenters. The Hall–Kier alpha value is -2.09. The zero-order valence-electron chi connectivity index (χ0n) is 10.4. The van der Waals surface area contributed by atoms with Gasteiger partial charge in [0.15, 0.2) is 0 Å². The Morgan fingerprint density at radius 3 is 2.85 bits per heavy atom. The summed E-state index contributed by atoms with van der Waals surface area (Å²) in [5, 5.41) is 22.3. The largest absolute Gasteiger partial charge is 0.481 e. The molecule has 2 N–H and O–H groups in total. The standard InChI is InChI=1S/C12H12N2O5S/c15-11-2-1-7-5-10(20-4-3-12(16)17)9(14(18)19)6-8(7)13-11/h5-6H,1-4H2,(H,13,15)(H,16,17). The number of anilines is 1. The first-order valence-electron chi connectivity index (χ1n) is 5.93. The van der Waals surface area contributed by atoms with Gasteiger partial charge in [0, 0.05) is 18.2 Å². The molecule has 1 aromatic carbocycles. The molecule has 7 nitrogen and oxygen atoms in total. The molecule has 1 aliphatic rings. The van der Waals surface area contributed by atoms with Crippen LogP contribution in [0.1, 0.15) is 18.4 Å². The van der Waals surface area contributed by atoms with Crippen molar-refractivity contribution in [2.75, 3.05) is 11.1 Å². The Morgan fingerprint density at radius 2 is 2.20 bits per heavy atom. The highest BCUT2D eigenvalue weighted by molar-refractivity contribution is 7.99. The number of benzene rings is 1. The molecule has 1 heterocycles. The average Bonchev–Trinajstić information content (AvgIpc) is 2.37. The molecule has 0 saturated carbocycles. The van der Waals surface area contributed by atoms with Crippen LogP contribution in [-0.2, 0) is 16.0 Å². The summed E-state index contributed by atoms with van der Waals surface area (Å²) in [5.74, 6) is -0.829. The van der Waals surface area contributed by atoms with Crippen LogP contribution in [0.15, 0.2) is 17.0 Å². The minimum atomic E-state index is -0.939. The fourth-order valence-corrected chi connectivity index (χ4v) is 2.90. The molecule has 106 valence electrons. The molecule has 0 bridgehead atoms. The molecule has 0 fully saturated rings. The maximum Gasteiger partial charge on any atom is 0.304 e. The highest BCUT2D eigenvalue weighted by Crippen LogP contribution is 2.36. The number of fused-ring (bicyclic) bond motifs is 1. The number of nitrogens with one attached hydrogen (secondary N) is 1. The van der Waals surface area contributed by atoms with Crippen LogP contribution in [0.3, 0.4) is 0 Å². The van der Waals surface area contributed by atoms with Gasteiger partial charge in [-0.25, -0.2) is 0 Å². The van der Waals surface area contributed by atoms with E-state index in [1.165, 1.54) is 6.07 Å². The number of carboxylic acid groups (broad SMARTS) is 1. The van der Waals surface area contributed by atoms with Crippen molar-refractivity contribution in [3.63, 3.8) is 0 Å². The molecule has 20 heavy (non-hydrogen) atoms. The third-order valence-corrected chi connectivity index (χ3v) is 3.90. The fraction of sp³-hybridized carbons (Fsp3) is 0.333. The van der Waals surface area contributed by atoms with Gasteiger partial charge in [0.2, 0.25) is 5.91 Å². The van der Waals surface area contributed by atoms with Gasteiger partial charge in [-0.05, 0) is 18.1 Å². The van der Waals surface area contributed by atoms with E-state index in [4.69, 9.17) is 5.11 Å². The third kappa shape index (κ3) is 3.27. The molecular weight excluding hydrogens is 284 g/mol. The summed E-state index contributed by atoms with van der Waals surface area (Å²) in [7, 11) is 0. The van der Waals surface area contributed by atoms with Crippen LogP contribution in [0.2, 0.25) is 0 Å². The number of nitro benzene ring substituents is 1. The lowest BCUT2D eigenvalue weighted by molar-refractivity contribution is -0.387. The van der Waals surface area contributed by atoms with Crippen molar-refractivity contribution in [3.8, 4) is 0 Å². The summed E-state index contributed by atoms with van der Waals surface area (Å²) >= 11 is 1.14. The van der Waals surface area contributed by atoms with Crippen molar-refractivity contribution in [1.29, 1.82) is 0 Å². The Balaban J connectivity index is 2.27. The normalized spacial score (nSPS) is 13.5. The third-order valence-electron chi connectivity index (χ3n) is 2.85. The van der Waals surface area contributed by atoms with Gasteiger partial charge < -0.3 is 10.4 Å². The number of aryl methyl sites for hydroxylation is 1. The Morgan fingerprint density at radius 1 is 1.45 bits per heavy atom. The van der Waals surface area contributed by atoms with Crippen molar-refractivity contribution < 1.29 is 19.6 Å². The minimum Gasteiger partial charge on any atom is -0.481 e. The predicted molar refractivity (Wildman–Crippen MR) is 73.0 cm³/mol. The van der Waals surface area contributed by atoms with Crippen LogP contribution in [-0.4, -0.2) is 27.7 Å². The van der Waals surface area contributed by atoms with Gasteiger partial charge in [-0.3, -0.25) is 19.7 Å². The molecular formula is C12H12N2O5S. The van der Waals surface area contributed by atoms with Crippen LogP contribution in [0.5, 0.6) is 0 Å². The van der Waals surface area contributed by atoms with Crippen molar-refractivity contribution >= 4 is 35.0 Å². The first-order chi connectivity index (χ1) is 9.47. The monoisotopic (exact) mass is 296 g/mol. The second-order valence-corrected chi connectivity index (χ2v) is 5.41. The highest BCUT2D eigenvalue weighted by atomic mass is 32.2. The molecule has 0 unspecified atom stereocenters. The van der Waals surface area contributed by atoms with E-state index in [9.17, 15) is 19.7 Å². The van der Waals surface area contributed by atoms with Gasteiger partial charge in [0.05, 0.1) is 21.9 Å². The quantitative estimate of drug-likeness (QED) is 0.489. The van der Waals surface area contributed by atoms with E-state index in [1.54, 1.807) is 6.07 Å². The number of thioether (sulfide) groups is 1. The van der Waals surface area contributed by atoms with Crippen LogP contribution in [0.4, 0.5) is 11.4 Å². The molecule has 1 aliphatic heterocycles. The summed E-state index contributed by atoms with van der Waals surface area (Å²) in [6, 6.07) is 3.01. The molecule has 8 heteroatoms. The van der Waals surface area contributed by atoms with Crippen molar-refractivity contribution in [2.24, 2.45) is 0 Å². The summed E-state index contributed by atoms with van der Waals surface area (Å²) < 4.78 is 0. The maximum atomic E-state index is 11.3. The van der Waals surface area contributed by atoms with E-state index >= 15 is 0 Å². The zero-order chi connectivity index (χ0) is 14.7. The lowest BCUT2D eigenvalue weighted by Gasteiger charge is -2.17. The number of nitrogens with zero attached hydrogens (tertiary/aromatic N) is 1. The summed E-state index contributed by atoms with van der Waals surface area (Å²) in [4.78, 5) is 32.7. The van der Waals surface area contributed by atoms with Gasteiger partial charge in [0.25, 0.3) is 5.69 Å². The molecule has 1 aromatic rings. The zero-order valence-corrected chi connectivity index (χ0v) is 11.2. The Labute approximate surface area is 118 Å². The first kappa shape index (κ1) is 14.3. The number of hydrogen-bond donors (Lipinski definition) is 2. The minimum absolute atomic E-state index is 0.0599. The highest BCUT2D eigenvalue weighted by Gasteiger charge is 2.22. The van der Waals surface area contributed by atoms with E-state index in [1.807, 2.05) is 0 Å². The van der Waals surface area contributed by atoms with Crippen molar-refractivity contribution in [1.82, 2.24) is 0 Å². The second-order valence-electron chi connectivity index (χ2n) is 4.27. The van der Waals surface area contributed by atoms with E-state index < -0.39 is 10.9 Å². The smallest absolute Gasteiger partial charge is 0.304 e. The number of carboxylic acids is 1. The molecule has 1 amide bonds. The van der Waals surface area contributed by atoms with Gasteiger partial charge in [-0.15, -0.1) is 11.8 Å². The maximum absolute atomic E-state index is 11.3. The number of aliphatic carboxylic acids is 1. The van der Waals surface area contributed by atoms with Gasteiger partial charge in [-0.2, -0.15) is 0 Å². The summed E-state index contributed by atoms with van der Waals surface area (Å²) in [6.07, 6.45) is 0.825. The van der Waals surface area contributed by atoms with Crippen LogP contribution in [0, 0.1) is 10.1 Å². The lowest BCUT2D eigenvalue weighted by atomic mass is 10.0. The second kappa shape index (κ2) is 5.91. The van der Waals surface area contributed by atoms with Crippen molar-refractivity contribution in [3.05, 3.63) is 27.8 Å². The number of nitro groups is 1. The average molecular weight is 296 g/mol. The van der Waals surface area contributed by atoms with E-state index in [2.05, 4.69) is 5.32 Å². The van der Waals surface area contributed by atoms with Crippen LogP contribution < -0.4 is 5.32 Å². The number of rotatable bonds is 5. The van der Waals surface area contributed by atoms with Crippen molar-refractivity contribution in [2.45, 2.75) is 24.2 Å². The molecule has 0 spiro atoms. The molecule has 2 rings (SSSR count). The summed E-state index contributed by atoms with van der Waals surface area (Å²) in [6.45, 7) is 0. The molecule has 0 radical (unpaired) electrons. The number of hydrogen-bond acceptors (Lipinski definition) is 5. The topological polar surface area (TPSA) is 110 Å². The molecule has 0 aromatic heterocycles. The van der Waals surface area contributed by atoms with Crippen LogP contribution >= 0.6 is 11.8 Å².